The van der Waals surface area contributed by atoms with Crippen LogP contribution in [-0.4, -0.2) is 45.4 Å². The summed E-state index contributed by atoms with van der Waals surface area (Å²) in [5, 5.41) is 12.3. The van der Waals surface area contributed by atoms with E-state index in [2.05, 4.69) is 32.6 Å². The topological polar surface area (TPSA) is 56.1 Å². The normalized spacial score (nSPS) is 12.7. The Kier molecular flexibility index (Phi) is 8.45. The van der Waals surface area contributed by atoms with Crippen LogP contribution < -0.4 is 0 Å². The SMILES string of the molecule is COCCn1nnnc1[C@@H](c1ccc(C(F)(F)F)cc1)N(CCc1ccccc1)Cc1ccccc1. The van der Waals surface area contributed by atoms with Gasteiger partial charge in [0.15, 0.2) is 5.82 Å². The summed E-state index contributed by atoms with van der Waals surface area (Å²) in [6.07, 6.45) is -3.66. The van der Waals surface area contributed by atoms with Crippen LogP contribution in [0, 0.1) is 0 Å². The van der Waals surface area contributed by atoms with Gasteiger partial charge in [-0.1, -0.05) is 72.8 Å². The Morgan fingerprint density at radius 3 is 2.14 bits per heavy atom. The van der Waals surface area contributed by atoms with Gasteiger partial charge in [-0.2, -0.15) is 13.2 Å². The van der Waals surface area contributed by atoms with Crippen molar-refractivity contribution in [2.75, 3.05) is 20.3 Å². The zero-order valence-electron chi connectivity index (χ0n) is 20.0. The Morgan fingerprint density at radius 1 is 0.889 bits per heavy atom. The number of tetrazole rings is 1. The van der Waals surface area contributed by atoms with E-state index in [9.17, 15) is 13.2 Å². The van der Waals surface area contributed by atoms with Gasteiger partial charge in [0.05, 0.1) is 24.8 Å². The monoisotopic (exact) mass is 495 g/mol. The minimum atomic E-state index is -4.41. The predicted molar refractivity (Wildman–Crippen MR) is 130 cm³/mol. The van der Waals surface area contributed by atoms with E-state index in [1.165, 1.54) is 17.7 Å². The van der Waals surface area contributed by atoms with E-state index in [0.29, 0.717) is 37.6 Å². The molecule has 0 saturated carbocycles. The van der Waals surface area contributed by atoms with E-state index < -0.39 is 17.8 Å². The average Bonchev–Trinajstić information content (AvgIpc) is 3.35. The number of halogens is 3. The van der Waals surface area contributed by atoms with Crippen LogP contribution in [0.5, 0.6) is 0 Å². The molecule has 1 aromatic heterocycles. The lowest BCUT2D eigenvalue weighted by Gasteiger charge is -2.32. The number of aromatic nitrogens is 4. The smallest absolute Gasteiger partial charge is 0.383 e. The van der Waals surface area contributed by atoms with Crippen molar-refractivity contribution in [3.63, 3.8) is 0 Å². The third-order valence-electron chi connectivity index (χ3n) is 5.99. The van der Waals surface area contributed by atoms with Crippen molar-refractivity contribution < 1.29 is 17.9 Å². The van der Waals surface area contributed by atoms with E-state index in [1.54, 1.807) is 11.8 Å². The molecule has 4 rings (SSSR count). The van der Waals surface area contributed by atoms with E-state index in [-0.39, 0.29) is 0 Å². The second-order valence-electron chi connectivity index (χ2n) is 8.47. The lowest BCUT2D eigenvalue weighted by Crippen LogP contribution is -2.33. The minimum absolute atomic E-state index is 0.403. The molecule has 0 fully saturated rings. The molecule has 0 N–H and O–H groups in total. The molecule has 188 valence electrons. The van der Waals surface area contributed by atoms with Gasteiger partial charge in [0.25, 0.3) is 0 Å². The zero-order valence-corrected chi connectivity index (χ0v) is 20.0. The quantitative estimate of drug-likeness (QED) is 0.287. The average molecular weight is 496 g/mol. The zero-order chi connectivity index (χ0) is 25.4. The van der Waals surface area contributed by atoms with Gasteiger partial charge in [-0.25, -0.2) is 4.68 Å². The number of alkyl halides is 3. The highest BCUT2D eigenvalue weighted by molar-refractivity contribution is 5.31. The Hall–Kier alpha value is -3.56. The maximum atomic E-state index is 13.3. The van der Waals surface area contributed by atoms with Gasteiger partial charge in [0, 0.05) is 20.2 Å². The fourth-order valence-corrected chi connectivity index (χ4v) is 4.16. The highest BCUT2D eigenvalue weighted by Gasteiger charge is 2.32. The third-order valence-corrected chi connectivity index (χ3v) is 5.99. The summed E-state index contributed by atoms with van der Waals surface area (Å²) in [5.74, 6) is 0.552. The molecule has 4 aromatic rings. The summed E-state index contributed by atoms with van der Waals surface area (Å²) >= 11 is 0. The number of ether oxygens (including phenoxy) is 1. The number of methoxy groups -OCH3 is 1. The summed E-state index contributed by atoms with van der Waals surface area (Å²) < 4.78 is 46.7. The van der Waals surface area contributed by atoms with Crippen LogP contribution in [0.4, 0.5) is 13.2 Å². The summed E-state index contributed by atoms with van der Waals surface area (Å²) in [6.45, 7) is 2.03. The molecule has 0 aliphatic carbocycles. The Balaban J connectivity index is 1.75. The van der Waals surface area contributed by atoms with E-state index >= 15 is 0 Å². The van der Waals surface area contributed by atoms with E-state index in [0.717, 1.165) is 24.1 Å². The van der Waals surface area contributed by atoms with Crippen LogP contribution >= 0.6 is 0 Å². The first kappa shape index (κ1) is 25.5. The lowest BCUT2D eigenvalue weighted by atomic mass is 10.0. The van der Waals surface area contributed by atoms with E-state index in [1.807, 2.05) is 48.5 Å². The first-order chi connectivity index (χ1) is 17.5. The summed E-state index contributed by atoms with van der Waals surface area (Å²) in [5.41, 5.74) is 2.24. The van der Waals surface area contributed by atoms with Gasteiger partial charge < -0.3 is 4.74 Å². The molecule has 9 heteroatoms. The number of rotatable bonds is 11. The van der Waals surface area contributed by atoms with Crippen LogP contribution in [0.25, 0.3) is 0 Å². The lowest BCUT2D eigenvalue weighted by molar-refractivity contribution is -0.137. The maximum absolute atomic E-state index is 13.3. The molecule has 6 nitrogen and oxygen atoms in total. The van der Waals surface area contributed by atoms with Crippen LogP contribution in [0.15, 0.2) is 84.9 Å². The highest BCUT2D eigenvalue weighted by atomic mass is 19.4. The third kappa shape index (κ3) is 6.56. The molecule has 0 unspecified atom stereocenters. The van der Waals surface area contributed by atoms with Crippen molar-refractivity contribution in [2.45, 2.75) is 31.7 Å². The first-order valence-corrected chi connectivity index (χ1v) is 11.7. The van der Waals surface area contributed by atoms with Crippen LogP contribution in [-0.2, 0) is 30.4 Å². The maximum Gasteiger partial charge on any atom is 0.416 e. The second kappa shape index (κ2) is 11.9. The summed E-state index contributed by atoms with van der Waals surface area (Å²) in [7, 11) is 1.60. The molecule has 1 atom stereocenters. The minimum Gasteiger partial charge on any atom is -0.383 e. The summed E-state index contributed by atoms with van der Waals surface area (Å²) in [6, 6.07) is 24.9. The van der Waals surface area contributed by atoms with Gasteiger partial charge in [-0.15, -0.1) is 5.10 Å². The standard InChI is InChI=1S/C27H28F3N5O/c1-36-19-18-35-26(31-32-33-35)25(23-12-14-24(15-13-23)27(28,29)30)34(20-22-10-6-3-7-11-22)17-16-21-8-4-2-5-9-21/h2-15,25H,16-20H2,1H3/t25-/m1/s1. The molecule has 3 aromatic carbocycles. The fourth-order valence-electron chi connectivity index (χ4n) is 4.16. The molecule has 0 aliphatic heterocycles. The molecule has 0 radical (unpaired) electrons. The Morgan fingerprint density at radius 2 is 1.53 bits per heavy atom. The van der Waals surface area contributed by atoms with Crippen LogP contribution in [0.2, 0.25) is 0 Å². The van der Waals surface area contributed by atoms with Crippen molar-refractivity contribution in [1.29, 1.82) is 0 Å². The van der Waals surface area contributed by atoms with Crippen molar-refractivity contribution in [3.05, 3.63) is 113 Å². The van der Waals surface area contributed by atoms with Crippen molar-refractivity contribution in [1.82, 2.24) is 25.1 Å². The molecule has 0 bridgehead atoms. The Bertz CT molecular complexity index is 1200. The molecule has 0 spiro atoms. The fraction of sp³-hybridized carbons (Fsp3) is 0.296. The van der Waals surface area contributed by atoms with Gasteiger partial charge in [0.2, 0.25) is 0 Å². The largest absolute Gasteiger partial charge is 0.416 e. The second-order valence-corrected chi connectivity index (χ2v) is 8.47. The molecule has 1 heterocycles. The highest BCUT2D eigenvalue weighted by Crippen LogP contribution is 2.33. The number of nitrogens with zero attached hydrogens (tertiary/aromatic N) is 5. The number of benzene rings is 3. The molecule has 0 aliphatic rings. The molecule has 36 heavy (non-hydrogen) atoms. The molecule has 0 amide bonds. The van der Waals surface area contributed by atoms with Crippen LogP contribution in [0.3, 0.4) is 0 Å². The summed E-state index contributed by atoms with van der Waals surface area (Å²) in [4.78, 5) is 2.21. The van der Waals surface area contributed by atoms with Crippen molar-refractivity contribution in [2.24, 2.45) is 0 Å². The number of hydrogen-bond acceptors (Lipinski definition) is 5. The van der Waals surface area contributed by atoms with Crippen LogP contribution in [0.1, 0.15) is 34.1 Å². The van der Waals surface area contributed by atoms with Gasteiger partial charge in [0.1, 0.15) is 0 Å². The number of hydrogen-bond donors (Lipinski definition) is 0. The van der Waals surface area contributed by atoms with Gasteiger partial charge in [-0.3, -0.25) is 4.90 Å². The Labute approximate surface area is 208 Å². The van der Waals surface area contributed by atoms with E-state index in [4.69, 9.17) is 4.74 Å². The van der Waals surface area contributed by atoms with Crippen molar-refractivity contribution >= 4 is 0 Å². The molecular formula is C27H28F3N5O. The molecular weight excluding hydrogens is 467 g/mol. The first-order valence-electron chi connectivity index (χ1n) is 11.7. The van der Waals surface area contributed by atoms with Gasteiger partial charge >= 0.3 is 6.18 Å². The molecule has 0 saturated heterocycles. The van der Waals surface area contributed by atoms with Crippen molar-refractivity contribution in [3.8, 4) is 0 Å². The van der Waals surface area contributed by atoms with Gasteiger partial charge in [-0.05, 0) is 45.7 Å². The predicted octanol–water partition coefficient (Wildman–Crippen LogP) is 5.17.